The molecule has 2 aromatic rings. The Labute approximate surface area is 151 Å². The van der Waals surface area contributed by atoms with Gasteiger partial charge in [-0.15, -0.1) is 0 Å². The van der Waals surface area contributed by atoms with Crippen molar-refractivity contribution >= 4 is 16.9 Å². The smallest absolute Gasteiger partial charge is 0.191 e. The summed E-state index contributed by atoms with van der Waals surface area (Å²) in [6.07, 6.45) is 2.31. The number of nitrogens with one attached hydrogen (secondary N) is 2. The van der Waals surface area contributed by atoms with Crippen LogP contribution in [0.25, 0.3) is 11.0 Å². The summed E-state index contributed by atoms with van der Waals surface area (Å²) in [4.78, 5) is 6.66. The Balaban J connectivity index is 1.75. The van der Waals surface area contributed by atoms with E-state index in [1.165, 1.54) is 17.4 Å². The highest BCUT2D eigenvalue weighted by Gasteiger charge is 2.10. The number of unbranched alkanes of at least 4 members (excludes halogenated alkanes) is 1. The quantitative estimate of drug-likeness (QED) is 0.437. The van der Waals surface area contributed by atoms with Crippen LogP contribution in [0.1, 0.15) is 38.0 Å². The van der Waals surface area contributed by atoms with Gasteiger partial charge in [0.25, 0.3) is 0 Å². The second-order valence-electron chi connectivity index (χ2n) is 6.78. The van der Waals surface area contributed by atoms with Crippen LogP contribution in [-0.4, -0.2) is 44.1 Å². The molecule has 0 amide bonds. The monoisotopic (exact) mass is 344 g/mol. The van der Waals surface area contributed by atoms with Gasteiger partial charge in [0.15, 0.2) is 5.96 Å². The maximum atomic E-state index is 5.93. The first-order valence-electron chi connectivity index (χ1n) is 9.14. The van der Waals surface area contributed by atoms with Gasteiger partial charge in [0.05, 0.1) is 6.54 Å². The normalized spacial score (nSPS) is 12.4. The van der Waals surface area contributed by atoms with Gasteiger partial charge in [-0.05, 0) is 53.3 Å². The first kappa shape index (κ1) is 19.3. The number of rotatable bonds is 8. The van der Waals surface area contributed by atoms with Gasteiger partial charge in [-0.1, -0.05) is 18.2 Å². The lowest BCUT2D eigenvalue weighted by Crippen LogP contribution is -2.37. The third kappa shape index (κ3) is 5.49. The SMILES string of the molecule is CN=C(NCCCCN(C)C(C)C)NCc1oc2ccccc2c1C. The largest absolute Gasteiger partial charge is 0.459 e. The number of hydrogen-bond acceptors (Lipinski definition) is 3. The van der Waals surface area contributed by atoms with Crippen molar-refractivity contribution in [3.63, 3.8) is 0 Å². The highest BCUT2D eigenvalue weighted by molar-refractivity contribution is 5.82. The molecule has 1 heterocycles. The number of nitrogens with zero attached hydrogens (tertiary/aromatic N) is 2. The van der Waals surface area contributed by atoms with Gasteiger partial charge in [-0.3, -0.25) is 4.99 Å². The van der Waals surface area contributed by atoms with Crippen molar-refractivity contribution in [2.24, 2.45) is 4.99 Å². The average molecular weight is 345 g/mol. The highest BCUT2D eigenvalue weighted by atomic mass is 16.3. The number of para-hydroxylation sites is 1. The van der Waals surface area contributed by atoms with Crippen molar-refractivity contribution in [1.82, 2.24) is 15.5 Å². The predicted molar refractivity (Wildman–Crippen MR) is 106 cm³/mol. The summed E-state index contributed by atoms with van der Waals surface area (Å²) < 4.78 is 5.93. The molecule has 0 saturated carbocycles. The van der Waals surface area contributed by atoms with Crippen LogP contribution in [0.3, 0.4) is 0 Å². The molecule has 138 valence electrons. The lowest BCUT2D eigenvalue weighted by molar-refractivity contribution is 0.268. The van der Waals surface area contributed by atoms with Crippen LogP contribution in [0, 0.1) is 6.92 Å². The van der Waals surface area contributed by atoms with E-state index < -0.39 is 0 Å². The van der Waals surface area contributed by atoms with Crippen molar-refractivity contribution in [1.29, 1.82) is 0 Å². The van der Waals surface area contributed by atoms with E-state index in [2.05, 4.69) is 54.4 Å². The molecule has 1 aromatic carbocycles. The molecule has 25 heavy (non-hydrogen) atoms. The van der Waals surface area contributed by atoms with E-state index in [0.717, 1.165) is 36.8 Å². The van der Waals surface area contributed by atoms with Crippen LogP contribution < -0.4 is 10.6 Å². The van der Waals surface area contributed by atoms with Crippen LogP contribution in [0.2, 0.25) is 0 Å². The molecular weight excluding hydrogens is 312 g/mol. The van der Waals surface area contributed by atoms with E-state index in [-0.39, 0.29) is 0 Å². The number of aryl methyl sites for hydroxylation is 1. The second-order valence-corrected chi connectivity index (χ2v) is 6.78. The molecule has 5 nitrogen and oxygen atoms in total. The zero-order valence-corrected chi connectivity index (χ0v) is 16.2. The van der Waals surface area contributed by atoms with Gasteiger partial charge in [-0.25, -0.2) is 0 Å². The second kappa shape index (κ2) is 9.47. The van der Waals surface area contributed by atoms with Crippen molar-refractivity contribution in [2.75, 3.05) is 27.2 Å². The Hall–Kier alpha value is -2.01. The van der Waals surface area contributed by atoms with Crippen LogP contribution in [-0.2, 0) is 6.54 Å². The molecule has 0 saturated heterocycles. The maximum absolute atomic E-state index is 5.93. The molecule has 0 unspecified atom stereocenters. The fourth-order valence-corrected chi connectivity index (χ4v) is 2.73. The maximum Gasteiger partial charge on any atom is 0.191 e. The summed E-state index contributed by atoms with van der Waals surface area (Å²) in [5.41, 5.74) is 2.13. The van der Waals surface area contributed by atoms with Crippen molar-refractivity contribution < 1.29 is 4.42 Å². The third-order valence-electron chi connectivity index (χ3n) is 4.69. The molecule has 0 atom stereocenters. The van der Waals surface area contributed by atoms with E-state index in [1.54, 1.807) is 7.05 Å². The van der Waals surface area contributed by atoms with Crippen LogP contribution >= 0.6 is 0 Å². The molecule has 0 fully saturated rings. The molecular formula is C20H32N4O. The number of furan rings is 1. The van der Waals surface area contributed by atoms with E-state index in [9.17, 15) is 0 Å². The van der Waals surface area contributed by atoms with Crippen molar-refractivity contribution in [2.45, 2.75) is 46.2 Å². The average Bonchev–Trinajstić information content (AvgIpc) is 2.93. The van der Waals surface area contributed by atoms with Gasteiger partial charge >= 0.3 is 0 Å². The molecule has 2 rings (SSSR count). The summed E-state index contributed by atoms with van der Waals surface area (Å²) in [5, 5.41) is 7.89. The topological polar surface area (TPSA) is 52.8 Å². The van der Waals surface area contributed by atoms with E-state index in [4.69, 9.17) is 4.42 Å². The Morgan fingerprint density at radius 3 is 2.64 bits per heavy atom. The number of guanidine groups is 1. The summed E-state index contributed by atoms with van der Waals surface area (Å²) >= 11 is 0. The van der Waals surface area contributed by atoms with Crippen LogP contribution in [0.15, 0.2) is 33.7 Å². The molecule has 0 aliphatic carbocycles. The number of hydrogen-bond donors (Lipinski definition) is 2. The summed E-state index contributed by atoms with van der Waals surface area (Å²) in [6.45, 7) is 9.24. The number of fused-ring (bicyclic) bond motifs is 1. The van der Waals surface area contributed by atoms with Gasteiger partial charge in [0, 0.05) is 30.6 Å². The van der Waals surface area contributed by atoms with E-state index in [0.29, 0.717) is 12.6 Å². The van der Waals surface area contributed by atoms with Crippen LogP contribution in [0.4, 0.5) is 0 Å². The fourth-order valence-electron chi connectivity index (χ4n) is 2.73. The van der Waals surface area contributed by atoms with Gasteiger partial charge < -0.3 is 20.0 Å². The Morgan fingerprint density at radius 2 is 1.96 bits per heavy atom. The van der Waals surface area contributed by atoms with Gasteiger partial charge in [0.1, 0.15) is 11.3 Å². The van der Waals surface area contributed by atoms with Gasteiger partial charge in [-0.2, -0.15) is 0 Å². The van der Waals surface area contributed by atoms with Gasteiger partial charge in [0.2, 0.25) is 0 Å². The molecule has 1 aromatic heterocycles. The first-order valence-corrected chi connectivity index (χ1v) is 9.14. The minimum absolute atomic E-state index is 0.606. The third-order valence-corrected chi connectivity index (χ3v) is 4.69. The predicted octanol–water partition coefficient (Wildman–Crippen LogP) is 3.53. The molecule has 0 aliphatic rings. The van der Waals surface area contributed by atoms with E-state index in [1.807, 2.05) is 18.2 Å². The lowest BCUT2D eigenvalue weighted by Gasteiger charge is -2.20. The van der Waals surface area contributed by atoms with Crippen molar-refractivity contribution in [3.05, 3.63) is 35.6 Å². The summed E-state index contributed by atoms with van der Waals surface area (Å²) in [5.74, 6) is 1.78. The number of aliphatic imine (C=N–C) groups is 1. The Bertz CT molecular complexity index is 690. The molecule has 5 heteroatoms. The molecule has 2 N–H and O–H groups in total. The minimum Gasteiger partial charge on any atom is -0.459 e. The standard InChI is InChI=1S/C20H32N4O/c1-15(2)24(5)13-9-8-12-22-20(21-4)23-14-19-16(3)17-10-6-7-11-18(17)25-19/h6-7,10-11,15H,8-9,12-14H2,1-5H3,(H2,21,22,23). The fraction of sp³-hybridized carbons (Fsp3) is 0.550. The molecule has 0 spiro atoms. The van der Waals surface area contributed by atoms with E-state index >= 15 is 0 Å². The number of benzene rings is 1. The molecule has 0 aliphatic heterocycles. The lowest BCUT2D eigenvalue weighted by atomic mass is 10.1. The van der Waals surface area contributed by atoms with Crippen molar-refractivity contribution in [3.8, 4) is 0 Å². The summed E-state index contributed by atoms with van der Waals surface area (Å²) in [6, 6.07) is 8.75. The Kier molecular flexibility index (Phi) is 7.31. The van der Waals surface area contributed by atoms with Crippen LogP contribution in [0.5, 0.6) is 0 Å². The minimum atomic E-state index is 0.606. The zero-order valence-electron chi connectivity index (χ0n) is 16.2. The zero-order chi connectivity index (χ0) is 18.2. The highest BCUT2D eigenvalue weighted by Crippen LogP contribution is 2.24. The Morgan fingerprint density at radius 1 is 1.20 bits per heavy atom. The first-order chi connectivity index (χ1) is 12.0. The summed E-state index contributed by atoms with van der Waals surface area (Å²) in [7, 11) is 3.97. The molecule has 0 radical (unpaired) electrons. The molecule has 0 bridgehead atoms.